The van der Waals surface area contributed by atoms with Gasteiger partial charge in [0, 0.05) is 45.5 Å². The van der Waals surface area contributed by atoms with Crippen molar-refractivity contribution in [1.29, 1.82) is 0 Å². The summed E-state index contributed by atoms with van der Waals surface area (Å²) in [5.74, 6) is 2.12. The zero-order valence-electron chi connectivity index (χ0n) is 34.5. The Balaban J connectivity index is 1.41. The van der Waals surface area contributed by atoms with Crippen molar-refractivity contribution in [2.24, 2.45) is 17.3 Å². The van der Waals surface area contributed by atoms with Gasteiger partial charge in [-0.3, -0.25) is 0 Å². The highest BCUT2D eigenvalue weighted by Crippen LogP contribution is 2.50. The van der Waals surface area contributed by atoms with Crippen LogP contribution in [0.4, 0.5) is 28.4 Å². The molecule has 1 aromatic heterocycles. The van der Waals surface area contributed by atoms with E-state index < -0.39 is 0 Å². The van der Waals surface area contributed by atoms with Gasteiger partial charge in [0.05, 0.1) is 5.66 Å². The molecule has 2 atom stereocenters. The van der Waals surface area contributed by atoms with Crippen LogP contribution in [0.15, 0.2) is 119 Å². The predicted molar refractivity (Wildman–Crippen MR) is 232 cm³/mol. The number of allylic oxidation sites excluding steroid dienone is 2. The standard InChI is InChI=1S/C50H59BN2O/c1-33-38(48(5,6)7)24-27-42(33)53-43-26-22-34(47(2,3)4)30-41(43)51(45-32-39-46(54-45)50(10,11)29-28-49(39,8)9)40-25-23-37(31-44(40)53)52(35-18-14-12-15-19-35)36-20-16-13-17-21-36/h12-23,25-27,30-33,38H,24,28-29H2,1-11H3. The van der Waals surface area contributed by atoms with Crippen LogP contribution in [0.1, 0.15) is 112 Å². The summed E-state index contributed by atoms with van der Waals surface area (Å²) in [5.41, 5.74) is 14.0. The minimum absolute atomic E-state index is 0.00401. The molecule has 0 spiro atoms. The van der Waals surface area contributed by atoms with Gasteiger partial charge < -0.3 is 14.2 Å². The zero-order valence-corrected chi connectivity index (χ0v) is 34.5. The number of benzene rings is 4. The second kappa shape index (κ2) is 12.8. The van der Waals surface area contributed by atoms with Gasteiger partial charge in [-0.1, -0.05) is 137 Å². The molecule has 3 aliphatic rings. The van der Waals surface area contributed by atoms with Crippen LogP contribution in [0.2, 0.25) is 0 Å². The Bertz CT molecular complexity index is 2140. The highest BCUT2D eigenvalue weighted by Gasteiger charge is 2.46. The fraction of sp³-hybridized carbons (Fsp3) is 0.400. The third kappa shape index (κ3) is 6.14. The van der Waals surface area contributed by atoms with Crippen LogP contribution in [0.25, 0.3) is 0 Å². The van der Waals surface area contributed by atoms with Crippen molar-refractivity contribution in [1.82, 2.24) is 0 Å². The van der Waals surface area contributed by atoms with Crippen LogP contribution in [-0.4, -0.2) is 6.71 Å². The summed E-state index contributed by atoms with van der Waals surface area (Å²) < 4.78 is 7.25. The molecule has 0 saturated heterocycles. The van der Waals surface area contributed by atoms with E-state index in [9.17, 15) is 0 Å². The highest BCUT2D eigenvalue weighted by molar-refractivity contribution is 6.97. The van der Waals surface area contributed by atoms with Gasteiger partial charge in [0.2, 0.25) is 0 Å². The Labute approximate surface area is 325 Å². The van der Waals surface area contributed by atoms with Gasteiger partial charge in [0.25, 0.3) is 6.71 Å². The third-order valence-electron chi connectivity index (χ3n) is 13.1. The molecule has 0 amide bonds. The van der Waals surface area contributed by atoms with E-state index in [2.05, 4.69) is 195 Å². The summed E-state index contributed by atoms with van der Waals surface area (Å²) in [6, 6.07) is 38.5. The Kier molecular flexibility index (Phi) is 8.68. The Morgan fingerprint density at radius 1 is 0.685 bits per heavy atom. The summed E-state index contributed by atoms with van der Waals surface area (Å²) in [4.78, 5) is 5.03. The first-order valence-corrected chi connectivity index (χ1v) is 20.3. The van der Waals surface area contributed by atoms with E-state index >= 15 is 0 Å². The van der Waals surface area contributed by atoms with Crippen molar-refractivity contribution in [3.8, 4) is 0 Å². The van der Waals surface area contributed by atoms with Crippen molar-refractivity contribution in [2.75, 3.05) is 9.80 Å². The van der Waals surface area contributed by atoms with Gasteiger partial charge in [0.15, 0.2) is 0 Å². The van der Waals surface area contributed by atoms with E-state index in [1.807, 2.05) is 0 Å². The number of fused-ring (bicyclic) bond motifs is 3. The molecule has 1 aliphatic heterocycles. The number of para-hydroxylation sites is 2. The van der Waals surface area contributed by atoms with E-state index in [1.165, 1.54) is 44.9 Å². The fourth-order valence-corrected chi connectivity index (χ4v) is 9.72. The molecule has 5 aromatic rings. The van der Waals surface area contributed by atoms with Gasteiger partial charge >= 0.3 is 0 Å². The van der Waals surface area contributed by atoms with Gasteiger partial charge in [0.1, 0.15) is 5.76 Å². The summed E-state index contributed by atoms with van der Waals surface area (Å²) >= 11 is 0. The van der Waals surface area contributed by atoms with Crippen molar-refractivity contribution in [3.63, 3.8) is 0 Å². The molecule has 0 bridgehead atoms. The average Bonchev–Trinajstić information content (AvgIpc) is 3.76. The van der Waals surface area contributed by atoms with E-state index in [-0.39, 0.29) is 28.4 Å². The first-order valence-electron chi connectivity index (χ1n) is 20.3. The lowest BCUT2D eigenvalue weighted by Gasteiger charge is -2.41. The summed E-state index contributed by atoms with van der Waals surface area (Å²) in [6.45, 7) is 26.2. The summed E-state index contributed by atoms with van der Waals surface area (Å²) in [7, 11) is 0. The van der Waals surface area contributed by atoms with Gasteiger partial charge in [-0.25, -0.2) is 0 Å². The maximum Gasteiger partial charge on any atom is 0.291 e. The van der Waals surface area contributed by atoms with Gasteiger partial charge in [-0.15, -0.1) is 0 Å². The van der Waals surface area contributed by atoms with Crippen molar-refractivity contribution >= 4 is 51.7 Å². The molecule has 2 aliphatic carbocycles. The van der Waals surface area contributed by atoms with Crippen LogP contribution in [0.5, 0.6) is 0 Å². The van der Waals surface area contributed by atoms with Crippen LogP contribution in [0.3, 0.4) is 0 Å². The van der Waals surface area contributed by atoms with E-state index in [0.29, 0.717) is 11.8 Å². The lowest BCUT2D eigenvalue weighted by Crippen LogP contribution is -2.58. The lowest BCUT2D eigenvalue weighted by molar-refractivity contribution is 0.203. The number of nitrogens with zero attached hydrogens (tertiary/aromatic N) is 2. The SMILES string of the molecule is CC1C(N2c3ccc(C(C)(C)C)cc3B(c3cc4c(o3)C(C)(C)CCC4(C)C)c3ccc(N(c4ccccc4)c4ccccc4)cc32)=CCC1C(C)(C)C. The maximum absolute atomic E-state index is 7.25. The molecule has 2 unspecified atom stereocenters. The number of rotatable bonds is 5. The molecular weight excluding hydrogens is 655 g/mol. The van der Waals surface area contributed by atoms with E-state index in [4.69, 9.17) is 4.42 Å². The first-order chi connectivity index (χ1) is 25.5. The molecule has 278 valence electrons. The summed E-state index contributed by atoms with van der Waals surface area (Å²) in [5, 5.41) is 0. The van der Waals surface area contributed by atoms with Crippen molar-refractivity contribution < 1.29 is 4.42 Å². The summed E-state index contributed by atoms with van der Waals surface area (Å²) in [6.07, 6.45) is 5.91. The molecule has 0 fully saturated rings. The van der Waals surface area contributed by atoms with E-state index in [1.54, 1.807) is 0 Å². The minimum Gasteiger partial charge on any atom is -0.474 e. The van der Waals surface area contributed by atoms with Crippen molar-refractivity contribution in [3.05, 3.63) is 132 Å². The first kappa shape index (κ1) is 36.5. The van der Waals surface area contributed by atoms with Gasteiger partial charge in [-0.05, 0) is 112 Å². The van der Waals surface area contributed by atoms with Crippen LogP contribution in [-0.2, 0) is 16.2 Å². The Hall–Kier alpha value is -4.44. The molecule has 3 nitrogen and oxygen atoms in total. The largest absolute Gasteiger partial charge is 0.474 e. The number of furan rings is 1. The molecule has 0 radical (unpaired) electrons. The van der Waals surface area contributed by atoms with Crippen LogP contribution >= 0.6 is 0 Å². The smallest absolute Gasteiger partial charge is 0.291 e. The Morgan fingerprint density at radius 3 is 1.89 bits per heavy atom. The molecule has 54 heavy (non-hydrogen) atoms. The normalized spacial score (nSPS) is 20.2. The second-order valence-electron chi connectivity index (χ2n) is 19.8. The quantitative estimate of drug-likeness (QED) is 0.169. The van der Waals surface area contributed by atoms with Crippen molar-refractivity contribution in [2.45, 2.75) is 112 Å². The van der Waals surface area contributed by atoms with Gasteiger partial charge in [-0.2, -0.15) is 0 Å². The number of hydrogen-bond donors (Lipinski definition) is 0. The third-order valence-corrected chi connectivity index (χ3v) is 13.1. The Morgan fingerprint density at radius 2 is 1.31 bits per heavy atom. The molecule has 0 N–H and O–H groups in total. The topological polar surface area (TPSA) is 19.6 Å². The molecular formula is C50H59BN2O. The minimum atomic E-state index is -0.0441. The zero-order chi connectivity index (χ0) is 38.4. The number of anilines is 5. The molecule has 2 heterocycles. The number of hydrogen-bond acceptors (Lipinski definition) is 3. The average molecular weight is 715 g/mol. The molecule has 0 saturated carbocycles. The monoisotopic (exact) mass is 714 g/mol. The van der Waals surface area contributed by atoms with Crippen LogP contribution in [0, 0.1) is 17.3 Å². The fourth-order valence-electron chi connectivity index (χ4n) is 9.72. The highest BCUT2D eigenvalue weighted by atomic mass is 16.3. The second-order valence-corrected chi connectivity index (χ2v) is 19.8. The lowest BCUT2D eigenvalue weighted by atomic mass is 9.37. The predicted octanol–water partition coefficient (Wildman–Crippen LogP) is 11.9. The van der Waals surface area contributed by atoms with E-state index in [0.717, 1.165) is 42.0 Å². The molecule has 4 heteroatoms. The molecule has 4 aromatic carbocycles. The van der Waals surface area contributed by atoms with Crippen LogP contribution < -0.4 is 26.4 Å². The maximum atomic E-state index is 7.25. The molecule has 8 rings (SSSR count).